The molecule has 1 saturated heterocycles. The van der Waals surface area contributed by atoms with Crippen LogP contribution in [0, 0.1) is 8.98 Å². The largest absolute Gasteiger partial charge is 0.370 e. The van der Waals surface area contributed by atoms with E-state index in [4.69, 9.17) is 11.1 Å². The molecule has 3 N–H and O–H groups in total. The van der Waals surface area contributed by atoms with Crippen LogP contribution in [0.3, 0.4) is 0 Å². The molecule has 5 nitrogen and oxygen atoms in total. The van der Waals surface area contributed by atoms with Crippen molar-refractivity contribution >= 4 is 40.3 Å². The van der Waals surface area contributed by atoms with E-state index in [0.29, 0.717) is 0 Å². The van der Waals surface area contributed by atoms with Crippen LogP contribution in [-0.4, -0.2) is 46.9 Å². The van der Waals surface area contributed by atoms with Gasteiger partial charge in [0.2, 0.25) is 0 Å². The van der Waals surface area contributed by atoms with Gasteiger partial charge in [0, 0.05) is 48.2 Å². The van der Waals surface area contributed by atoms with Gasteiger partial charge in [-0.1, -0.05) is 18.2 Å². The summed E-state index contributed by atoms with van der Waals surface area (Å²) in [7, 11) is 0. The monoisotopic (exact) mass is 467 g/mol. The van der Waals surface area contributed by atoms with Crippen LogP contribution in [0.15, 0.2) is 47.6 Å². The van der Waals surface area contributed by atoms with Gasteiger partial charge in [-0.05, 0) is 51.9 Å². The first-order valence-electron chi connectivity index (χ1n) is 8.24. The highest BCUT2D eigenvalue weighted by Gasteiger charge is 2.18. The molecule has 2 aromatic rings. The van der Waals surface area contributed by atoms with Crippen LogP contribution in [0.5, 0.6) is 0 Å². The number of piperazine rings is 1. The highest BCUT2D eigenvalue weighted by atomic mass is 127. The summed E-state index contributed by atoms with van der Waals surface area (Å²) in [4.78, 5) is 8.93. The molecule has 0 bridgehead atoms. The first-order chi connectivity index (χ1) is 12.1. The third-order valence-electron chi connectivity index (χ3n) is 4.22. The van der Waals surface area contributed by atoms with E-state index in [-0.39, 0.29) is 5.96 Å². The second-order valence-electron chi connectivity index (χ2n) is 6.03. The van der Waals surface area contributed by atoms with E-state index in [1.165, 1.54) is 14.7 Å². The SMILES string of the molecule is N=C(N)N1CCN(Cc2cccnc2SCc2cccc(I)c2)CC1. The van der Waals surface area contributed by atoms with Crippen molar-refractivity contribution in [2.75, 3.05) is 26.2 Å². The third-order valence-corrected chi connectivity index (χ3v) is 6.01. The molecule has 0 saturated carbocycles. The zero-order chi connectivity index (χ0) is 17.6. The van der Waals surface area contributed by atoms with Gasteiger partial charge < -0.3 is 10.6 Å². The maximum atomic E-state index is 7.53. The maximum Gasteiger partial charge on any atom is 0.188 e. The molecule has 0 amide bonds. The molecule has 1 fully saturated rings. The summed E-state index contributed by atoms with van der Waals surface area (Å²) in [6, 6.07) is 12.8. The van der Waals surface area contributed by atoms with E-state index < -0.39 is 0 Å². The maximum absolute atomic E-state index is 7.53. The van der Waals surface area contributed by atoms with Crippen LogP contribution in [0.25, 0.3) is 0 Å². The van der Waals surface area contributed by atoms with Gasteiger partial charge in [-0.2, -0.15) is 0 Å². The lowest BCUT2D eigenvalue weighted by Crippen LogP contribution is -2.50. The first-order valence-corrected chi connectivity index (χ1v) is 10.3. The van der Waals surface area contributed by atoms with Crippen molar-refractivity contribution in [3.8, 4) is 0 Å². The van der Waals surface area contributed by atoms with Gasteiger partial charge in [-0.3, -0.25) is 10.3 Å². The van der Waals surface area contributed by atoms with Crippen molar-refractivity contribution in [3.05, 3.63) is 57.3 Å². The topological polar surface area (TPSA) is 69.2 Å². The van der Waals surface area contributed by atoms with Crippen LogP contribution < -0.4 is 5.73 Å². The summed E-state index contributed by atoms with van der Waals surface area (Å²) >= 11 is 4.15. The lowest BCUT2D eigenvalue weighted by atomic mass is 10.2. The minimum Gasteiger partial charge on any atom is -0.370 e. The summed E-state index contributed by atoms with van der Waals surface area (Å²) in [5.74, 6) is 1.11. The Morgan fingerprint density at radius 3 is 2.72 bits per heavy atom. The highest BCUT2D eigenvalue weighted by molar-refractivity contribution is 14.1. The van der Waals surface area contributed by atoms with E-state index in [0.717, 1.165) is 43.5 Å². The minimum atomic E-state index is 0.176. The Morgan fingerprint density at radius 2 is 2.00 bits per heavy atom. The normalized spacial score (nSPS) is 15.3. The Bertz CT molecular complexity index is 731. The van der Waals surface area contributed by atoms with E-state index in [1.54, 1.807) is 11.8 Å². The van der Waals surface area contributed by atoms with Crippen molar-refractivity contribution < 1.29 is 0 Å². The standard InChI is InChI=1S/C18H22IN5S/c19-16-5-1-3-14(11-16)13-25-17-15(4-2-6-22-17)12-23-7-9-24(10-8-23)18(20)21/h1-6,11H,7-10,12-13H2,(H3,20,21). The van der Waals surface area contributed by atoms with Crippen LogP contribution in [0.1, 0.15) is 11.1 Å². The van der Waals surface area contributed by atoms with Gasteiger partial charge in [0.05, 0.1) is 0 Å². The van der Waals surface area contributed by atoms with Crippen molar-refractivity contribution in [2.24, 2.45) is 5.73 Å². The summed E-state index contributed by atoms with van der Waals surface area (Å²) in [6.45, 7) is 4.39. The van der Waals surface area contributed by atoms with Crippen LogP contribution >= 0.6 is 34.4 Å². The van der Waals surface area contributed by atoms with Gasteiger partial charge in [0.1, 0.15) is 5.03 Å². The molecular weight excluding hydrogens is 445 g/mol. The number of aromatic nitrogens is 1. The summed E-state index contributed by atoms with van der Waals surface area (Å²) in [6.07, 6.45) is 1.87. The number of guanidine groups is 1. The molecule has 1 aromatic heterocycles. The van der Waals surface area contributed by atoms with Gasteiger partial charge in [-0.25, -0.2) is 4.98 Å². The average molecular weight is 467 g/mol. The van der Waals surface area contributed by atoms with Crippen LogP contribution in [-0.2, 0) is 12.3 Å². The van der Waals surface area contributed by atoms with Crippen LogP contribution in [0.2, 0.25) is 0 Å². The number of benzene rings is 1. The lowest BCUT2D eigenvalue weighted by molar-refractivity contribution is 0.172. The van der Waals surface area contributed by atoms with E-state index in [1.807, 2.05) is 17.2 Å². The molecule has 132 valence electrons. The molecule has 1 aliphatic rings. The number of nitrogens with one attached hydrogen (secondary N) is 1. The van der Waals surface area contributed by atoms with E-state index in [9.17, 15) is 0 Å². The first kappa shape index (κ1) is 18.5. The number of nitrogens with two attached hydrogens (primary N) is 1. The number of thioether (sulfide) groups is 1. The Balaban J connectivity index is 1.60. The molecule has 3 rings (SSSR count). The Hall–Kier alpha value is -1.32. The lowest BCUT2D eigenvalue weighted by Gasteiger charge is -2.35. The number of hydrogen-bond acceptors (Lipinski definition) is 4. The second kappa shape index (κ2) is 8.86. The fraction of sp³-hybridized carbons (Fsp3) is 0.333. The zero-order valence-electron chi connectivity index (χ0n) is 14.0. The Morgan fingerprint density at radius 1 is 1.20 bits per heavy atom. The Kier molecular flexibility index (Phi) is 6.55. The number of hydrogen-bond donors (Lipinski definition) is 2. The third kappa shape index (κ3) is 5.32. The number of halogens is 1. The quantitative estimate of drug-likeness (QED) is 0.306. The molecule has 0 spiro atoms. The Labute approximate surface area is 166 Å². The van der Waals surface area contributed by atoms with Gasteiger partial charge in [-0.15, -0.1) is 11.8 Å². The van der Waals surface area contributed by atoms with Crippen molar-refractivity contribution in [1.82, 2.24) is 14.8 Å². The van der Waals surface area contributed by atoms with E-state index >= 15 is 0 Å². The molecule has 0 radical (unpaired) electrons. The van der Waals surface area contributed by atoms with E-state index in [2.05, 4.69) is 62.8 Å². The number of nitrogens with zero attached hydrogens (tertiary/aromatic N) is 3. The van der Waals surface area contributed by atoms with Crippen LogP contribution in [0.4, 0.5) is 0 Å². The molecule has 7 heteroatoms. The summed E-state index contributed by atoms with van der Waals surface area (Å²) < 4.78 is 1.26. The molecular formula is C18H22IN5S. The molecule has 1 aliphatic heterocycles. The molecule has 0 aliphatic carbocycles. The molecule has 0 atom stereocenters. The fourth-order valence-corrected chi connectivity index (χ4v) is 4.38. The zero-order valence-corrected chi connectivity index (χ0v) is 17.0. The average Bonchev–Trinajstić information content (AvgIpc) is 2.61. The summed E-state index contributed by atoms with van der Waals surface area (Å²) in [5.41, 5.74) is 8.17. The van der Waals surface area contributed by atoms with Crippen molar-refractivity contribution in [2.45, 2.75) is 17.3 Å². The predicted molar refractivity (Wildman–Crippen MR) is 112 cm³/mol. The predicted octanol–water partition coefficient (Wildman–Crippen LogP) is 2.99. The smallest absolute Gasteiger partial charge is 0.188 e. The molecule has 2 heterocycles. The highest BCUT2D eigenvalue weighted by Crippen LogP contribution is 2.26. The summed E-state index contributed by atoms with van der Waals surface area (Å²) in [5, 5.41) is 8.64. The van der Waals surface area contributed by atoms with Gasteiger partial charge in [0.15, 0.2) is 5.96 Å². The van der Waals surface area contributed by atoms with Gasteiger partial charge in [0.25, 0.3) is 0 Å². The molecule has 25 heavy (non-hydrogen) atoms. The minimum absolute atomic E-state index is 0.176. The number of pyridine rings is 1. The fourth-order valence-electron chi connectivity index (χ4n) is 2.84. The molecule has 1 aromatic carbocycles. The number of rotatable bonds is 5. The second-order valence-corrected chi connectivity index (χ2v) is 8.24. The van der Waals surface area contributed by atoms with Gasteiger partial charge >= 0.3 is 0 Å². The van der Waals surface area contributed by atoms with Crippen molar-refractivity contribution in [1.29, 1.82) is 5.41 Å². The van der Waals surface area contributed by atoms with Crippen molar-refractivity contribution in [3.63, 3.8) is 0 Å². The molecule has 0 unspecified atom stereocenters.